The monoisotopic (exact) mass is 170 g/mol. The second-order valence-corrected chi connectivity index (χ2v) is 2.00. The molecule has 0 spiro atoms. The lowest BCUT2D eigenvalue weighted by Crippen LogP contribution is -2.18. The van der Waals surface area contributed by atoms with E-state index in [-0.39, 0.29) is 0 Å². The summed E-state index contributed by atoms with van der Waals surface area (Å²) < 4.78 is 34.0. The van der Waals surface area contributed by atoms with Gasteiger partial charge in [-0.15, -0.1) is 0 Å². The van der Waals surface area contributed by atoms with Gasteiger partial charge in [-0.3, -0.25) is 0 Å². The average molecular weight is 170 g/mol. The van der Waals surface area contributed by atoms with Gasteiger partial charge in [0.25, 0.3) is 0 Å². The Morgan fingerprint density at radius 3 is 2.55 bits per heavy atom. The first-order valence-electron chi connectivity index (χ1n) is 2.89. The van der Waals surface area contributed by atoms with Crippen LogP contribution < -0.4 is 5.73 Å². The van der Waals surface area contributed by atoms with Crippen LogP contribution in [0.3, 0.4) is 0 Å². The Bertz CT molecular complexity index is 132. The zero-order chi connectivity index (χ0) is 8.91. The minimum Gasteiger partial charge on any atom is -0.386 e. The summed E-state index contributed by atoms with van der Waals surface area (Å²) in [5.41, 5.74) is 5.13. The molecule has 1 unspecified atom stereocenters. The van der Waals surface area contributed by atoms with E-state index >= 15 is 0 Å². The van der Waals surface area contributed by atoms with Crippen molar-refractivity contribution in [3.63, 3.8) is 0 Å². The predicted molar refractivity (Wildman–Crippen MR) is 34.1 cm³/mol. The van der Waals surface area contributed by atoms with Crippen molar-refractivity contribution in [1.29, 1.82) is 0 Å². The largest absolute Gasteiger partial charge is 0.425 e. The Labute approximate surface area is 62.0 Å². The van der Waals surface area contributed by atoms with Crippen LogP contribution >= 0.6 is 0 Å². The molecule has 0 saturated carbocycles. The van der Waals surface area contributed by atoms with Gasteiger partial charge in [0.15, 0.2) is 0 Å². The maximum atomic E-state index is 11.3. The maximum Gasteiger partial charge on any atom is 0.425 e. The highest BCUT2D eigenvalue weighted by atomic mass is 19.4. The topological polar surface area (TPSA) is 47.6 Å². The molecule has 0 aliphatic rings. The van der Waals surface area contributed by atoms with Gasteiger partial charge in [0.05, 0.1) is 6.21 Å². The Hall–Kier alpha value is -0.780. The van der Waals surface area contributed by atoms with E-state index in [0.717, 1.165) is 6.21 Å². The zero-order valence-electron chi connectivity index (χ0n) is 5.93. The lowest BCUT2D eigenvalue weighted by Gasteiger charge is -2.03. The van der Waals surface area contributed by atoms with Crippen molar-refractivity contribution in [1.82, 2.24) is 0 Å². The quantitative estimate of drug-likeness (QED) is 0.505. The van der Waals surface area contributed by atoms with Crippen molar-refractivity contribution in [2.45, 2.75) is 19.1 Å². The molecule has 0 aromatic heterocycles. The number of halogens is 3. The molecule has 0 aliphatic heterocycles. The molecular weight excluding hydrogens is 161 g/mol. The highest BCUT2D eigenvalue weighted by Crippen LogP contribution is 2.14. The molecule has 0 bridgehead atoms. The summed E-state index contributed by atoms with van der Waals surface area (Å²) >= 11 is 0. The summed E-state index contributed by atoms with van der Waals surface area (Å²) in [4.78, 5) is 3.87. The van der Waals surface area contributed by atoms with Crippen LogP contribution in [0, 0.1) is 0 Å². The minimum atomic E-state index is -4.34. The number of hydrogen-bond acceptors (Lipinski definition) is 3. The molecule has 2 N–H and O–H groups in total. The summed E-state index contributed by atoms with van der Waals surface area (Å²) in [7, 11) is 0. The maximum absolute atomic E-state index is 11.3. The first-order valence-corrected chi connectivity index (χ1v) is 2.89. The number of alkyl halides is 3. The zero-order valence-corrected chi connectivity index (χ0v) is 5.93. The molecule has 11 heavy (non-hydrogen) atoms. The first kappa shape index (κ1) is 10.2. The fourth-order valence-corrected chi connectivity index (χ4v) is 0.249. The van der Waals surface area contributed by atoms with E-state index in [1.807, 2.05) is 0 Å². The second-order valence-electron chi connectivity index (χ2n) is 2.00. The third kappa shape index (κ3) is 9.22. The predicted octanol–water partition coefficient (Wildman–Crippen LogP) is 0.898. The van der Waals surface area contributed by atoms with Gasteiger partial charge >= 0.3 is 6.18 Å². The van der Waals surface area contributed by atoms with Crippen molar-refractivity contribution in [3.05, 3.63) is 0 Å². The summed E-state index contributed by atoms with van der Waals surface area (Å²) in [6, 6.07) is -0.400. The molecule has 6 heteroatoms. The standard InChI is InChI=1S/C5H9F3N2O/c1-4(9)2-10-11-3-5(6,7)8/h2,4H,3,9H2,1H3. The normalized spacial score (nSPS) is 15.4. The van der Waals surface area contributed by atoms with Crippen molar-refractivity contribution < 1.29 is 18.0 Å². The molecule has 66 valence electrons. The van der Waals surface area contributed by atoms with E-state index in [1.165, 1.54) is 0 Å². The van der Waals surface area contributed by atoms with Crippen LogP contribution in [0.2, 0.25) is 0 Å². The van der Waals surface area contributed by atoms with Gasteiger partial charge in [-0.2, -0.15) is 13.2 Å². The SMILES string of the molecule is CC(N)C=NOCC(F)(F)F. The second kappa shape index (κ2) is 4.17. The van der Waals surface area contributed by atoms with Crippen LogP contribution in [0.5, 0.6) is 0 Å². The summed E-state index contributed by atoms with van der Waals surface area (Å²) in [6.07, 6.45) is -3.25. The number of hydrogen-bond donors (Lipinski definition) is 1. The fourth-order valence-electron chi connectivity index (χ4n) is 0.249. The number of nitrogens with zero attached hydrogens (tertiary/aromatic N) is 1. The number of nitrogens with two attached hydrogens (primary N) is 1. The van der Waals surface area contributed by atoms with Crippen molar-refractivity contribution in [2.75, 3.05) is 6.61 Å². The Morgan fingerprint density at radius 1 is 1.64 bits per heavy atom. The molecule has 0 aromatic rings. The van der Waals surface area contributed by atoms with E-state index in [4.69, 9.17) is 5.73 Å². The molecule has 0 aromatic carbocycles. The molecule has 0 amide bonds. The lowest BCUT2D eigenvalue weighted by atomic mass is 10.4. The van der Waals surface area contributed by atoms with Gasteiger partial charge in [0, 0.05) is 6.04 Å². The molecular formula is C5H9F3N2O. The van der Waals surface area contributed by atoms with Crippen LogP contribution in [0.25, 0.3) is 0 Å². The third-order valence-electron chi connectivity index (χ3n) is 0.599. The molecule has 0 fully saturated rings. The molecule has 3 nitrogen and oxygen atoms in total. The molecule has 1 atom stereocenters. The summed E-state index contributed by atoms with van der Waals surface area (Å²) in [6.45, 7) is 0.191. The van der Waals surface area contributed by atoms with E-state index in [2.05, 4.69) is 9.99 Å². The Morgan fingerprint density at radius 2 is 2.18 bits per heavy atom. The number of oxime groups is 1. The fraction of sp³-hybridized carbons (Fsp3) is 0.800. The third-order valence-corrected chi connectivity index (χ3v) is 0.599. The molecule has 0 rings (SSSR count). The molecule has 0 aliphatic carbocycles. The highest BCUT2D eigenvalue weighted by molar-refractivity contribution is 5.62. The average Bonchev–Trinajstić information content (AvgIpc) is 1.78. The van der Waals surface area contributed by atoms with E-state index in [0.29, 0.717) is 0 Å². The van der Waals surface area contributed by atoms with Crippen molar-refractivity contribution in [3.8, 4) is 0 Å². The number of rotatable bonds is 3. The first-order chi connectivity index (χ1) is 4.92. The van der Waals surface area contributed by atoms with Crippen LogP contribution in [0.4, 0.5) is 13.2 Å². The molecule has 0 heterocycles. The summed E-state index contributed by atoms with van der Waals surface area (Å²) in [5.74, 6) is 0. The van der Waals surface area contributed by atoms with Gasteiger partial charge < -0.3 is 10.6 Å². The van der Waals surface area contributed by atoms with Crippen LogP contribution in [0.15, 0.2) is 5.16 Å². The van der Waals surface area contributed by atoms with Gasteiger partial charge in [-0.05, 0) is 6.92 Å². The Kier molecular flexibility index (Phi) is 3.88. The van der Waals surface area contributed by atoms with Crippen LogP contribution in [-0.2, 0) is 4.84 Å². The van der Waals surface area contributed by atoms with Gasteiger partial charge in [-0.25, -0.2) is 0 Å². The van der Waals surface area contributed by atoms with Crippen molar-refractivity contribution >= 4 is 6.21 Å². The van der Waals surface area contributed by atoms with Gasteiger partial charge in [0.2, 0.25) is 6.61 Å². The van der Waals surface area contributed by atoms with Crippen LogP contribution in [0.1, 0.15) is 6.92 Å². The lowest BCUT2D eigenvalue weighted by molar-refractivity contribution is -0.173. The smallest absolute Gasteiger partial charge is 0.386 e. The summed E-state index contributed by atoms with van der Waals surface area (Å²) in [5, 5.41) is 2.99. The molecule has 0 radical (unpaired) electrons. The highest BCUT2D eigenvalue weighted by Gasteiger charge is 2.28. The van der Waals surface area contributed by atoms with E-state index in [9.17, 15) is 13.2 Å². The van der Waals surface area contributed by atoms with Crippen molar-refractivity contribution in [2.24, 2.45) is 10.9 Å². The van der Waals surface area contributed by atoms with Gasteiger partial charge in [0.1, 0.15) is 0 Å². The minimum absolute atomic E-state index is 0.400. The van der Waals surface area contributed by atoms with Crippen LogP contribution in [-0.4, -0.2) is 25.0 Å². The van der Waals surface area contributed by atoms with E-state index < -0.39 is 18.8 Å². The molecule has 0 saturated heterocycles. The van der Waals surface area contributed by atoms with E-state index in [1.54, 1.807) is 6.92 Å². The van der Waals surface area contributed by atoms with Gasteiger partial charge in [-0.1, -0.05) is 5.16 Å². The Balaban J connectivity index is 3.42.